The van der Waals surface area contributed by atoms with Crippen LogP contribution in [0.25, 0.3) is 0 Å². The van der Waals surface area contributed by atoms with Crippen molar-refractivity contribution >= 4 is 17.5 Å². The molecule has 18 heavy (non-hydrogen) atoms. The molecule has 5 heteroatoms. The minimum Gasteiger partial charge on any atom is -0.478 e. The number of nitrogens with two attached hydrogens (primary N) is 1. The highest BCUT2D eigenvalue weighted by Crippen LogP contribution is 2.30. The first-order valence-electron chi connectivity index (χ1n) is 6.24. The Morgan fingerprint density at radius 2 is 2.28 bits per heavy atom. The van der Waals surface area contributed by atoms with E-state index in [9.17, 15) is 4.79 Å². The molecule has 2 rings (SSSR count). The number of hydrogen-bond donors (Lipinski definition) is 2. The quantitative estimate of drug-likeness (QED) is 0.837. The highest BCUT2D eigenvalue weighted by molar-refractivity contribution is 5.89. The van der Waals surface area contributed by atoms with Crippen LogP contribution in [0.1, 0.15) is 37.0 Å². The third kappa shape index (κ3) is 2.39. The molecule has 0 bridgehead atoms. The number of aromatic nitrogens is 1. The van der Waals surface area contributed by atoms with Gasteiger partial charge >= 0.3 is 5.97 Å². The zero-order valence-corrected chi connectivity index (χ0v) is 10.8. The van der Waals surface area contributed by atoms with Crippen LogP contribution in [0.5, 0.6) is 0 Å². The monoisotopic (exact) mass is 249 g/mol. The van der Waals surface area contributed by atoms with E-state index in [4.69, 9.17) is 10.8 Å². The summed E-state index contributed by atoms with van der Waals surface area (Å²) in [5, 5.41) is 8.89. The maximum absolute atomic E-state index is 10.8. The van der Waals surface area contributed by atoms with Crippen molar-refractivity contribution in [2.75, 3.05) is 17.2 Å². The number of hydrogen-bond acceptors (Lipinski definition) is 4. The van der Waals surface area contributed by atoms with Gasteiger partial charge in [-0.1, -0.05) is 6.92 Å². The summed E-state index contributed by atoms with van der Waals surface area (Å²) in [5.74, 6) is 0.427. The number of nitrogen functional groups attached to an aromatic ring is 1. The summed E-state index contributed by atoms with van der Waals surface area (Å²) in [4.78, 5) is 17.2. The van der Waals surface area contributed by atoms with Crippen LogP contribution in [0, 0.1) is 5.92 Å². The van der Waals surface area contributed by atoms with Crippen molar-refractivity contribution in [3.63, 3.8) is 0 Å². The molecule has 0 amide bonds. The topological polar surface area (TPSA) is 79.5 Å². The molecule has 2 heterocycles. The van der Waals surface area contributed by atoms with Crippen molar-refractivity contribution < 1.29 is 9.90 Å². The number of piperidine rings is 1. The predicted octanol–water partition coefficient (Wildman–Crippen LogP) is 1.99. The number of aromatic carboxylic acids is 1. The van der Waals surface area contributed by atoms with E-state index in [0.29, 0.717) is 17.5 Å². The second-order valence-electron chi connectivity index (χ2n) is 5.11. The van der Waals surface area contributed by atoms with Gasteiger partial charge in [0.2, 0.25) is 0 Å². The number of carbonyl (C=O) groups is 1. The maximum Gasteiger partial charge on any atom is 0.337 e. The first kappa shape index (κ1) is 12.7. The van der Waals surface area contributed by atoms with Gasteiger partial charge in [0.05, 0.1) is 11.3 Å². The van der Waals surface area contributed by atoms with Gasteiger partial charge in [0, 0.05) is 18.8 Å². The van der Waals surface area contributed by atoms with Crippen LogP contribution in [-0.4, -0.2) is 28.6 Å². The second kappa shape index (κ2) is 4.84. The van der Waals surface area contributed by atoms with Gasteiger partial charge in [-0.3, -0.25) is 0 Å². The molecule has 1 fully saturated rings. The van der Waals surface area contributed by atoms with Crippen molar-refractivity contribution in [1.82, 2.24) is 4.98 Å². The number of rotatable bonds is 2. The molecule has 1 aromatic heterocycles. The average Bonchev–Trinajstić information content (AvgIpc) is 2.30. The van der Waals surface area contributed by atoms with Crippen LogP contribution in [-0.2, 0) is 0 Å². The first-order valence-corrected chi connectivity index (χ1v) is 6.24. The molecular weight excluding hydrogens is 230 g/mol. The maximum atomic E-state index is 10.8. The molecule has 1 aliphatic rings. The van der Waals surface area contributed by atoms with Crippen LogP contribution >= 0.6 is 0 Å². The standard InChI is InChI=1S/C13H19N3O2/c1-8-3-4-16(9(2)5-8)12-11(14)6-10(7-15-12)13(17)18/h6-9H,3-5,14H2,1-2H3,(H,17,18). The predicted molar refractivity (Wildman–Crippen MR) is 70.8 cm³/mol. The van der Waals surface area contributed by atoms with E-state index in [-0.39, 0.29) is 5.56 Å². The number of nitrogens with zero attached hydrogens (tertiary/aromatic N) is 2. The van der Waals surface area contributed by atoms with Gasteiger partial charge in [0.1, 0.15) is 0 Å². The Morgan fingerprint density at radius 3 is 2.83 bits per heavy atom. The SMILES string of the molecule is CC1CCN(c2ncc(C(=O)O)cc2N)C(C)C1. The average molecular weight is 249 g/mol. The zero-order valence-electron chi connectivity index (χ0n) is 10.8. The van der Waals surface area contributed by atoms with Gasteiger partial charge in [-0.15, -0.1) is 0 Å². The fourth-order valence-corrected chi connectivity index (χ4v) is 2.55. The van der Waals surface area contributed by atoms with Crippen LogP contribution in [0.4, 0.5) is 11.5 Å². The Balaban J connectivity index is 2.26. The van der Waals surface area contributed by atoms with Crippen LogP contribution in [0.3, 0.4) is 0 Å². The van der Waals surface area contributed by atoms with E-state index in [1.54, 1.807) is 0 Å². The number of carboxylic acids is 1. The normalized spacial score (nSPS) is 24.0. The van der Waals surface area contributed by atoms with Gasteiger partial charge in [-0.05, 0) is 31.7 Å². The highest BCUT2D eigenvalue weighted by atomic mass is 16.4. The van der Waals surface area contributed by atoms with Gasteiger partial charge < -0.3 is 15.7 Å². The zero-order chi connectivity index (χ0) is 13.3. The molecule has 1 aromatic rings. The summed E-state index contributed by atoms with van der Waals surface area (Å²) in [7, 11) is 0. The first-order chi connectivity index (χ1) is 8.49. The Morgan fingerprint density at radius 1 is 1.56 bits per heavy atom. The largest absolute Gasteiger partial charge is 0.478 e. The minimum absolute atomic E-state index is 0.134. The van der Waals surface area contributed by atoms with Gasteiger partial charge in [0.25, 0.3) is 0 Å². The van der Waals surface area contributed by atoms with E-state index in [1.165, 1.54) is 12.3 Å². The fourth-order valence-electron chi connectivity index (χ4n) is 2.55. The van der Waals surface area contributed by atoms with Crippen molar-refractivity contribution in [2.24, 2.45) is 5.92 Å². The summed E-state index contributed by atoms with van der Waals surface area (Å²) >= 11 is 0. The molecule has 2 atom stereocenters. The molecular formula is C13H19N3O2. The lowest BCUT2D eigenvalue weighted by Gasteiger charge is -2.37. The molecule has 0 saturated carbocycles. The van der Waals surface area contributed by atoms with Crippen molar-refractivity contribution in [3.05, 3.63) is 17.8 Å². The van der Waals surface area contributed by atoms with E-state index < -0.39 is 5.97 Å². The molecule has 3 N–H and O–H groups in total. The molecule has 1 aliphatic heterocycles. The smallest absolute Gasteiger partial charge is 0.337 e. The van der Waals surface area contributed by atoms with Crippen LogP contribution in [0.15, 0.2) is 12.3 Å². The van der Waals surface area contributed by atoms with Crippen molar-refractivity contribution in [3.8, 4) is 0 Å². The summed E-state index contributed by atoms with van der Waals surface area (Å²) in [6.45, 7) is 5.33. The van der Waals surface area contributed by atoms with E-state index in [0.717, 1.165) is 25.3 Å². The molecule has 0 aliphatic carbocycles. The molecule has 0 spiro atoms. The lowest BCUT2D eigenvalue weighted by atomic mass is 9.93. The lowest BCUT2D eigenvalue weighted by molar-refractivity contribution is 0.0696. The summed E-state index contributed by atoms with van der Waals surface area (Å²) < 4.78 is 0. The van der Waals surface area contributed by atoms with Crippen LogP contribution in [0.2, 0.25) is 0 Å². The Labute approximate surface area is 107 Å². The Hall–Kier alpha value is -1.78. The fraction of sp³-hybridized carbons (Fsp3) is 0.538. The van der Waals surface area contributed by atoms with Gasteiger partial charge in [-0.2, -0.15) is 0 Å². The van der Waals surface area contributed by atoms with E-state index in [2.05, 4.69) is 23.7 Å². The Bertz CT molecular complexity index is 462. The minimum atomic E-state index is -0.999. The molecule has 1 saturated heterocycles. The van der Waals surface area contributed by atoms with E-state index >= 15 is 0 Å². The third-order valence-electron chi connectivity index (χ3n) is 3.55. The van der Waals surface area contributed by atoms with E-state index in [1.807, 2.05) is 0 Å². The summed E-state index contributed by atoms with van der Waals surface area (Å²) in [5.41, 5.74) is 6.49. The number of anilines is 2. The molecule has 0 radical (unpaired) electrons. The number of pyridine rings is 1. The van der Waals surface area contributed by atoms with Gasteiger partial charge in [-0.25, -0.2) is 9.78 Å². The second-order valence-corrected chi connectivity index (χ2v) is 5.11. The lowest BCUT2D eigenvalue weighted by Crippen LogP contribution is -2.41. The Kier molecular flexibility index (Phi) is 3.41. The van der Waals surface area contributed by atoms with Gasteiger partial charge in [0.15, 0.2) is 5.82 Å². The molecule has 0 aromatic carbocycles. The van der Waals surface area contributed by atoms with Crippen LogP contribution < -0.4 is 10.6 Å². The molecule has 98 valence electrons. The number of carboxylic acid groups (broad SMARTS) is 1. The highest BCUT2D eigenvalue weighted by Gasteiger charge is 2.25. The summed E-state index contributed by atoms with van der Waals surface area (Å²) in [6, 6.07) is 1.87. The molecule has 2 unspecified atom stereocenters. The molecule has 5 nitrogen and oxygen atoms in total. The van der Waals surface area contributed by atoms with Crippen molar-refractivity contribution in [1.29, 1.82) is 0 Å². The third-order valence-corrected chi connectivity index (χ3v) is 3.55. The van der Waals surface area contributed by atoms with Crippen molar-refractivity contribution in [2.45, 2.75) is 32.7 Å². The summed E-state index contributed by atoms with van der Waals surface area (Å²) in [6.07, 6.45) is 3.60.